The summed E-state index contributed by atoms with van der Waals surface area (Å²) in [6.07, 6.45) is 2.43. The zero-order valence-corrected chi connectivity index (χ0v) is 11.7. The van der Waals surface area contributed by atoms with E-state index >= 15 is 0 Å². The smallest absolute Gasteiger partial charge is 0.434 e. The number of aliphatic hydroxyl groups is 1. The van der Waals surface area contributed by atoms with Gasteiger partial charge in [-0.05, 0) is 12.3 Å². The quantitative estimate of drug-likeness (QED) is 0.768. The van der Waals surface area contributed by atoms with Crippen molar-refractivity contribution >= 4 is 6.09 Å². The molecule has 0 saturated heterocycles. The topological polar surface area (TPSA) is 73.6 Å². The molecule has 0 saturated carbocycles. The molecule has 108 valence electrons. The van der Waals surface area contributed by atoms with Crippen LogP contribution in [0.1, 0.15) is 33.6 Å². The molecule has 0 spiro atoms. The zero-order chi connectivity index (χ0) is 14.3. The molecule has 1 atom stereocenters. The number of ether oxygens (including phenoxy) is 2. The molecule has 0 aliphatic heterocycles. The summed E-state index contributed by atoms with van der Waals surface area (Å²) in [4.78, 5) is 11.6. The number of rotatable bonds is 7. The molecule has 0 aliphatic carbocycles. The first-order valence-corrected chi connectivity index (χ1v) is 6.58. The van der Waals surface area contributed by atoms with Gasteiger partial charge in [-0.2, -0.15) is 4.68 Å². The van der Waals surface area contributed by atoms with Gasteiger partial charge >= 0.3 is 6.09 Å². The van der Waals surface area contributed by atoms with Crippen LogP contribution >= 0.6 is 0 Å². The minimum atomic E-state index is -0.520. The van der Waals surface area contributed by atoms with Crippen molar-refractivity contribution in [2.75, 3.05) is 13.2 Å². The van der Waals surface area contributed by atoms with Gasteiger partial charge in [-0.15, -0.1) is 5.10 Å². The summed E-state index contributed by atoms with van der Waals surface area (Å²) in [5.41, 5.74) is 0. The number of aliphatic hydroxyl groups excluding tert-OH is 1. The molecule has 0 bridgehead atoms. The highest BCUT2D eigenvalue weighted by Gasteiger charge is 2.16. The second kappa shape index (κ2) is 7.78. The highest BCUT2D eigenvalue weighted by atomic mass is 16.6. The molecule has 0 radical (unpaired) electrons. The first-order valence-electron chi connectivity index (χ1n) is 6.58. The van der Waals surface area contributed by atoms with Gasteiger partial charge < -0.3 is 14.6 Å². The Morgan fingerprint density at radius 3 is 2.84 bits per heavy atom. The van der Waals surface area contributed by atoms with Crippen molar-refractivity contribution in [3.05, 3.63) is 12.3 Å². The number of carbonyl (C=O) groups is 1. The molecule has 1 aromatic rings. The molecule has 0 aliphatic rings. The summed E-state index contributed by atoms with van der Waals surface area (Å²) in [7, 11) is 0. The molecule has 0 fully saturated rings. The molecule has 0 aromatic carbocycles. The molecule has 1 rings (SSSR count). The standard InChI is InChI=1S/C13H22N2O4/c1-4-5-8-18-13(17)15-7-6-12(14-15)19-11(9-16)10(2)3/h6-7,10-11,16H,4-5,8-9H2,1-3H3. The van der Waals surface area contributed by atoms with Crippen LogP contribution in [-0.2, 0) is 4.74 Å². The van der Waals surface area contributed by atoms with Crippen molar-refractivity contribution in [2.24, 2.45) is 5.92 Å². The Kier molecular flexibility index (Phi) is 6.35. The third-order valence-electron chi connectivity index (χ3n) is 2.67. The lowest BCUT2D eigenvalue weighted by Gasteiger charge is -2.18. The van der Waals surface area contributed by atoms with Gasteiger partial charge in [0.2, 0.25) is 5.88 Å². The first kappa shape index (κ1) is 15.5. The van der Waals surface area contributed by atoms with E-state index in [1.807, 2.05) is 20.8 Å². The van der Waals surface area contributed by atoms with E-state index in [0.29, 0.717) is 12.5 Å². The highest BCUT2D eigenvalue weighted by Crippen LogP contribution is 2.13. The maximum Gasteiger partial charge on any atom is 0.434 e. The zero-order valence-electron chi connectivity index (χ0n) is 11.7. The average Bonchev–Trinajstić information content (AvgIpc) is 2.84. The van der Waals surface area contributed by atoms with Crippen molar-refractivity contribution in [1.29, 1.82) is 0 Å². The summed E-state index contributed by atoms with van der Waals surface area (Å²) in [6, 6.07) is 1.58. The highest BCUT2D eigenvalue weighted by molar-refractivity contribution is 5.69. The van der Waals surface area contributed by atoms with Gasteiger partial charge in [0.05, 0.1) is 13.2 Å². The van der Waals surface area contributed by atoms with Crippen LogP contribution in [0.2, 0.25) is 0 Å². The molecule has 1 heterocycles. The van der Waals surface area contributed by atoms with Crippen LogP contribution in [0.25, 0.3) is 0 Å². The monoisotopic (exact) mass is 270 g/mol. The van der Waals surface area contributed by atoms with Crippen LogP contribution in [0, 0.1) is 5.92 Å². The largest absolute Gasteiger partial charge is 0.471 e. The number of unbranched alkanes of at least 4 members (excludes halogenated alkanes) is 1. The van der Waals surface area contributed by atoms with Crippen molar-refractivity contribution in [3.63, 3.8) is 0 Å². The minimum Gasteiger partial charge on any atom is -0.471 e. The van der Waals surface area contributed by atoms with E-state index in [2.05, 4.69) is 5.10 Å². The van der Waals surface area contributed by atoms with Gasteiger partial charge in [-0.1, -0.05) is 27.2 Å². The van der Waals surface area contributed by atoms with E-state index in [1.54, 1.807) is 6.07 Å². The molecule has 0 amide bonds. The van der Waals surface area contributed by atoms with Crippen molar-refractivity contribution in [1.82, 2.24) is 9.78 Å². The Balaban J connectivity index is 2.54. The molecular weight excluding hydrogens is 248 g/mol. The molecule has 1 aromatic heterocycles. The normalized spacial score (nSPS) is 12.5. The summed E-state index contributed by atoms with van der Waals surface area (Å²) in [6.45, 7) is 6.20. The Morgan fingerprint density at radius 1 is 1.53 bits per heavy atom. The third-order valence-corrected chi connectivity index (χ3v) is 2.67. The van der Waals surface area contributed by atoms with E-state index in [0.717, 1.165) is 17.5 Å². The van der Waals surface area contributed by atoms with Crippen LogP contribution in [0.15, 0.2) is 12.3 Å². The van der Waals surface area contributed by atoms with Crippen LogP contribution in [0.3, 0.4) is 0 Å². The van der Waals surface area contributed by atoms with Crippen LogP contribution in [0.5, 0.6) is 5.88 Å². The molecule has 19 heavy (non-hydrogen) atoms. The first-order chi connectivity index (χ1) is 9.08. The van der Waals surface area contributed by atoms with Gasteiger partial charge in [-0.25, -0.2) is 4.79 Å². The van der Waals surface area contributed by atoms with Gasteiger partial charge in [-0.3, -0.25) is 0 Å². The minimum absolute atomic E-state index is 0.0918. The van der Waals surface area contributed by atoms with Gasteiger partial charge in [0.1, 0.15) is 6.10 Å². The van der Waals surface area contributed by atoms with E-state index in [-0.39, 0.29) is 18.6 Å². The van der Waals surface area contributed by atoms with Crippen molar-refractivity contribution in [2.45, 2.75) is 39.7 Å². The lowest BCUT2D eigenvalue weighted by atomic mass is 10.1. The average molecular weight is 270 g/mol. The van der Waals surface area contributed by atoms with E-state index < -0.39 is 6.09 Å². The number of nitrogens with zero attached hydrogens (tertiary/aromatic N) is 2. The predicted octanol–water partition coefficient (Wildman–Crippen LogP) is 2.06. The SMILES string of the molecule is CCCCOC(=O)n1ccc(OC(CO)C(C)C)n1. The fourth-order valence-electron chi connectivity index (χ4n) is 1.38. The second-order valence-electron chi connectivity index (χ2n) is 4.65. The van der Waals surface area contributed by atoms with Crippen LogP contribution < -0.4 is 4.74 Å². The van der Waals surface area contributed by atoms with Crippen molar-refractivity contribution in [3.8, 4) is 5.88 Å². The molecule has 6 heteroatoms. The maximum atomic E-state index is 11.6. The lowest BCUT2D eigenvalue weighted by molar-refractivity contribution is 0.0752. The molecule has 6 nitrogen and oxygen atoms in total. The number of hydrogen-bond acceptors (Lipinski definition) is 5. The fourth-order valence-corrected chi connectivity index (χ4v) is 1.38. The number of carbonyl (C=O) groups excluding carboxylic acids is 1. The molecule has 1 N–H and O–H groups in total. The molecular formula is C13H22N2O4. The fraction of sp³-hybridized carbons (Fsp3) is 0.692. The third kappa shape index (κ3) is 4.90. The van der Waals surface area contributed by atoms with E-state index in [1.165, 1.54) is 6.20 Å². The number of aromatic nitrogens is 2. The summed E-state index contributed by atoms with van der Waals surface area (Å²) >= 11 is 0. The lowest BCUT2D eigenvalue weighted by Crippen LogP contribution is -2.27. The van der Waals surface area contributed by atoms with Gasteiger partial charge in [0.15, 0.2) is 0 Å². The Labute approximate surface area is 113 Å². The van der Waals surface area contributed by atoms with Gasteiger partial charge in [0.25, 0.3) is 0 Å². The van der Waals surface area contributed by atoms with Crippen LogP contribution in [0.4, 0.5) is 4.79 Å². The Bertz CT molecular complexity index is 390. The molecule has 1 unspecified atom stereocenters. The summed E-state index contributed by atoms with van der Waals surface area (Å²) in [5.74, 6) is 0.465. The van der Waals surface area contributed by atoms with Crippen LogP contribution in [-0.4, -0.2) is 40.3 Å². The summed E-state index contributed by atoms with van der Waals surface area (Å²) < 4.78 is 11.6. The summed E-state index contributed by atoms with van der Waals surface area (Å²) in [5, 5.41) is 13.1. The predicted molar refractivity (Wildman–Crippen MR) is 70.2 cm³/mol. The Morgan fingerprint density at radius 2 is 2.26 bits per heavy atom. The second-order valence-corrected chi connectivity index (χ2v) is 4.65. The van der Waals surface area contributed by atoms with Crippen molar-refractivity contribution < 1.29 is 19.4 Å². The van der Waals surface area contributed by atoms with E-state index in [9.17, 15) is 4.79 Å². The van der Waals surface area contributed by atoms with Gasteiger partial charge in [0, 0.05) is 12.3 Å². The van der Waals surface area contributed by atoms with E-state index in [4.69, 9.17) is 14.6 Å². The number of hydrogen-bond donors (Lipinski definition) is 1. The maximum absolute atomic E-state index is 11.6. The Hall–Kier alpha value is -1.56.